The first-order valence-corrected chi connectivity index (χ1v) is 9.82. The Balaban J connectivity index is 0. The molecule has 0 amide bonds. The summed E-state index contributed by atoms with van der Waals surface area (Å²) in [5.41, 5.74) is 0. The Morgan fingerprint density at radius 2 is 1.41 bits per heavy atom. The molecule has 22 heavy (non-hydrogen) atoms. The quantitative estimate of drug-likeness (QED) is 0.301. The van der Waals surface area contributed by atoms with Crippen molar-refractivity contribution in [1.29, 1.82) is 0 Å². The zero-order valence-electron chi connectivity index (χ0n) is 14.4. The van der Waals surface area contributed by atoms with Gasteiger partial charge in [-0.2, -0.15) is 8.42 Å². The highest BCUT2D eigenvalue weighted by Crippen LogP contribution is 2.11. The summed E-state index contributed by atoms with van der Waals surface area (Å²) in [6.45, 7) is 13.3. The molecule has 0 heterocycles. The maximum Gasteiger partial charge on any atom is 0.264 e. The lowest BCUT2D eigenvalue weighted by Gasteiger charge is -2.03. The van der Waals surface area contributed by atoms with Gasteiger partial charge in [0, 0.05) is 13.1 Å². The lowest BCUT2D eigenvalue weighted by molar-refractivity contribution is 0.477. The molecule has 0 rings (SSSR count). The molecule has 0 bridgehead atoms. The molecule has 0 atom stereocenters. The van der Waals surface area contributed by atoms with Crippen molar-refractivity contribution < 1.29 is 13.0 Å². The first-order chi connectivity index (χ1) is 10.3. The molecule has 0 aliphatic heterocycles. The van der Waals surface area contributed by atoms with Gasteiger partial charge in [0.05, 0.1) is 5.75 Å². The maximum absolute atomic E-state index is 10.4. The van der Waals surface area contributed by atoms with Gasteiger partial charge in [0.15, 0.2) is 0 Å². The number of unbranched alkanes of at least 4 members (excludes halogenated alkanes) is 5. The van der Waals surface area contributed by atoms with Gasteiger partial charge < -0.3 is 5.32 Å². The van der Waals surface area contributed by atoms with Crippen molar-refractivity contribution in [2.24, 2.45) is 5.92 Å². The standard InChI is InChI=1S/C11H24O3S.C6H11N/c1-11(2)9-7-5-3-4-6-8-10-15(12,13)14;1-3-5-7-6-4-2/h11H,3-10H2,1-2H3,(H,12,13,14);3-4,7H,1-2,5-6H2. The summed E-state index contributed by atoms with van der Waals surface area (Å²) in [6.07, 6.45) is 11.2. The fourth-order valence-electron chi connectivity index (χ4n) is 1.83. The van der Waals surface area contributed by atoms with Crippen LogP contribution in [0.5, 0.6) is 0 Å². The Kier molecular flexibility index (Phi) is 17.9. The predicted octanol–water partition coefficient (Wildman–Crippen LogP) is 4.21. The third-order valence-electron chi connectivity index (χ3n) is 3.01. The molecule has 0 aromatic carbocycles. The summed E-state index contributed by atoms with van der Waals surface area (Å²) in [7, 11) is -3.73. The van der Waals surface area contributed by atoms with Crippen LogP contribution in [0.15, 0.2) is 25.3 Å². The molecule has 0 aliphatic carbocycles. The van der Waals surface area contributed by atoms with E-state index in [-0.39, 0.29) is 5.75 Å². The first kappa shape index (κ1) is 23.6. The molecule has 0 aromatic rings. The number of nitrogens with one attached hydrogen (secondary N) is 1. The molecule has 5 heteroatoms. The molecule has 132 valence electrons. The van der Waals surface area contributed by atoms with E-state index in [0.29, 0.717) is 6.42 Å². The topological polar surface area (TPSA) is 66.4 Å². The van der Waals surface area contributed by atoms with E-state index in [4.69, 9.17) is 4.55 Å². The molecule has 0 saturated heterocycles. The second-order valence-electron chi connectivity index (χ2n) is 5.83. The van der Waals surface area contributed by atoms with Crippen LogP contribution in [-0.2, 0) is 10.1 Å². The minimum absolute atomic E-state index is 0.0843. The van der Waals surface area contributed by atoms with Gasteiger partial charge in [-0.25, -0.2) is 0 Å². The highest BCUT2D eigenvalue weighted by molar-refractivity contribution is 7.85. The lowest BCUT2D eigenvalue weighted by atomic mass is 10.0. The van der Waals surface area contributed by atoms with Crippen molar-refractivity contribution >= 4 is 10.1 Å². The Hall–Kier alpha value is -0.650. The third-order valence-corrected chi connectivity index (χ3v) is 3.82. The Labute approximate surface area is 137 Å². The van der Waals surface area contributed by atoms with Gasteiger partial charge in [0.25, 0.3) is 10.1 Å². The van der Waals surface area contributed by atoms with Crippen LogP contribution in [0.2, 0.25) is 0 Å². The number of rotatable bonds is 13. The van der Waals surface area contributed by atoms with E-state index in [9.17, 15) is 8.42 Å². The van der Waals surface area contributed by atoms with E-state index in [1.807, 2.05) is 12.2 Å². The average molecular weight is 334 g/mol. The van der Waals surface area contributed by atoms with E-state index in [1.54, 1.807) is 0 Å². The number of hydrogen-bond donors (Lipinski definition) is 2. The van der Waals surface area contributed by atoms with E-state index in [0.717, 1.165) is 31.8 Å². The molecular weight excluding hydrogens is 298 g/mol. The summed E-state index contributed by atoms with van der Waals surface area (Å²) < 4.78 is 29.3. The van der Waals surface area contributed by atoms with Crippen LogP contribution in [0.25, 0.3) is 0 Å². The summed E-state index contributed by atoms with van der Waals surface area (Å²) >= 11 is 0. The average Bonchev–Trinajstić information content (AvgIpc) is 2.41. The van der Waals surface area contributed by atoms with Crippen molar-refractivity contribution in [3.05, 3.63) is 25.3 Å². The maximum atomic E-state index is 10.4. The largest absolute Gasteiger partial charge is 0.310 e. The van der Waals surface area contributed by atoms with Crippen LogP contribution >= 0.6 is 0 Å². The molecular formula is C17H35NO3S. The Morgan fingerprint density at radius 1 is 0.955 bits per heavy atom. The second-order valence-corrected chi connectivity index (χ2v) is 7.40. The van der Waals surface area contributed by atoms with Gasteiger partial charge in [-0.05, 0) is 12.3 Å². The summed E-state index contributed by atoms with van der Waals surface area (Å²) in [4.78, 5) is 0. The molecule has 4 nitrogen and oxygen atoms in total. The molecule has 0 unspecified atom stereocenters. The van der Waals surface area contributed by atoms with Crippen LogP contribution in [-0.4, -0.2) is 31.8 Å². The molecule has 0 fully saturated rings. The highest BCUT2D eigenvalue weighted by atomic mass is 32.2. The van der Waals surface area contributed by atoms with E-state index in [1.165, 1.54) is 25.7 Å². The Bertz CT molecular complexity index is 343. The normalized spacial score (nSPS) is 10.9. The number of hydrogen-bond acceptors (Lipinski definition) is 3. The van der Waals surface area contributed by atoms with Crippen LogP contribution in [0.1, 0.15) is 58.8 Å². The molecule has 0 aromatic heterocycles. The van der Waals surface area contributed by atoms with Crippen LogP contribution in [0.4, 0.5) is 0 Å². The van der Waals surface area contributed by atoms with E-state index in [2.05, 4.69) is 32.3 Å². The third kappa shape index (κ3) is 27.7. The molecule has 2 N–H and O–H groups in total. The van der Waals surface area contributed by atoms with Crippen molar-refractivity contribution in [2.75, 3.05) is 18.8 Å². The minimum atomic E-state index is -3.73. The van der Waals surface area contributed by atoms with Crippen LogP contribution in [0, 0.1) is 5.92 Å². The lowest BCUT2D eigenvalue weighted by Crippen LogP contribution is -2.11. The smallest absolute Gasteiger partial charge is 0.264 e. The summed E-state index contributed by atoms with van der Waals surface area (Å²) in [5, 5.41) is 3.05. The highest BCUT2D eigenvalue weighted by Gasteiger charge is 2.02. The first-order valence-electron chi connectivity index (χ1n) is 8.21. The van der Waals surface area contributed by atoms with Gasteiger partial charge in [-0.1, -0.05) is 64.5 Å². The van der Waals surface area contributed by atoms with Crippen molar-refractivity contribution in [1.82, 2.24) is 5.32 Å². The summed E-state index contributed by atoms with van der Waals surface area (Å²) in [6, 6.07) is 0. The fraction of sp³-hybridized carbons (Fsp3) is 0.765. The zero-order chi connectivity index (χ0) is 17.3. The van der Waals surface area contributed by atoms with Gasteiger partial charge >= 0.3 is 0 Å². The van der Waals surface area contributed by atoms with Crippen LogP contribution < -0.4 is 5.32 Å². The molecule has 0 saturated carbocycles. The molecule has 0 radical (unpaired) electrons. The van der Waals surface area contributed by atoms with Crippen molar-refractivity contribution in [2.45, 2.75) is 58.8 Å². The predicted molar refractivity (Wildman–Crippen MR) is 96.8 cm³/mol. The van der Waals surface area contributed by atoms with Crippen LogP contribution in [0.3, 0.4) is 0 Å². The molecule has 0 aliphatic rings. The fourth-order valence-corrected chi connectivity index (χ4v) is 2.40. The van der Waals surface area contributed by atoms with E-state index < -0.39 is 10.1 Å². The molecule has 0 spiro atoms. The SMILES string of the molecule is C=CCNCC=C.CC(C)CCCCCCCCS(=O)(=O)O. The van der Waals surface area contributed by atoms with Crippen molar-refractivity contribution in [3.8, 4) is 0 Å². The zero-order valence-corrected chi connectivity index (χ0v) is 15.2. The Morgan fingerprint density at radius 3 is 1.82 bits per heavy atom. The van der Waals surface area contributed by atoms with Gasteiger partial charge in [0.2, 0.25) is 0 Å². The van der Waals surface area contributed by atoms with Gasteiger partial charge in [-0.3, -0.25) is 4.55 Å². The second kappa shape index (κ2) is 16.7. The van der Waals surface area contributed by atoms with E-state index >= 15 is 0 Å². The monoisotopic (exact) mass is 333 g/mol. The minimum Gasteiger partial charge on any atom is -0.310 e. The van der Waals surface area contributed by atoms with Crippen molar-refractivity contribution in [3.63, 3.8) is 0 Å². The van der Waals surface area contributed by atoms with Gasteiger partial charge in [0.1, 0.15) is 0 Å². The van der Waals surface area contributed by atoms with Gasteiger partial charge in [-0.15, -0.1) is 13.2 Å². The summed E-state index contributed by atoms with van der Waals surface area (Å²) in [5.74, 6) is 0.698.